The van der Waals surface area contributed by atoms with E-state index in [1.165, 1.54) is 21.7 Å². The van der Waals surface area contributed by atoms with Crippen molar-refractivity contribution in [1.82, 2.24) is 10.3 Å². The van der Waals surface area contributed by atoms with Crippen LogP contribution in [-0.4, -0.2) is 11.5 Å². The minimum absolute atomic E-state index is 0.401. The molecule has 0 saturated carbocycles. The van der Waals surface area contributed by atoms with E-state index in [0.717, 1.165) is 13.0 Å². The second-order valence-electron chi connectivity index (χ2n) is 4.70. The molecule has 2 rings (SSSR count). The molecule has 96 valence electrons. The van der Waals surface area contributed by atoms with Crippen molar-refractivity contribution < 1.29 is 0 Å². The summed E-state index contributed by atoms with van der Waals surface area (Å²) < 4.78 is 0. The van der Waals surface area contributed by atoms with Gasteiger partial charge in [-0.15, -0.1) is 11.3 Å². The highest BCUT2D eigenvalue weighted by Gasteiger charge is 2.06. The lowest BCUT2D eigenvalue weighted by Gasteiger charge is -2.14. The van der Waals surface area contributed by atoms with Gasteiger partial charge < -0.3 is 5.32 Å². The number of nitrogens with one attached hydrogen (secondary N) is 1. The summed E-state index contributed by atoms with van der Waals surface area (Å²) in [6.45, 7) is 7.43. The van der Waals surface area contributed by atoms with Crippen LogP contribution in [0.4, 0.5) is 0 Å². The molecule has 1 aromatic carbocycles. The Morgan fingerprint density at radius 2 is 2.17 bits per heavy atom. The molecule has 1 aromatic heterocycles. The number of aryl methyl sites for hydroxylation is 2. The van der Waals surface area contributed by atoms with Crippen LogP contribution in [0.15, 0.2) is 29.8 Å². The summed E-state index contributed by atoms with van der Waals surface area (Å²) >= 11 is 1.75. The first kappa shape index (κ1) is 13.2. The van der Waals surface area contributed by atoms with Gasteiger partial charge in [-0.25, -0.2) is 4.98 Å². The maximum atomic E-state index is 4.27. The minimum Gasteiger partial charge on any atom is -0.310 e. The third-order valence-electron chi connectivity index (χ3n) is 3.19. The van der Waals surface area contributed by atoms with Crippen molar-refractivity contribution >= 4 is 11.3 Å². The van der Waals surface area contributed by atoms with E-state index in [9.17, 15) is 0 Å². The fourth-order valence-electron chi connectivity index (χ4n) is 2.03. The van der Waals surface area contributed by atoms with Gasteiger partial charge in [0, 0.05) is 17.5 Å². The van der Waals surface area contributed by atoms with E-state index >= 15 is 0 Å². The van der Waals surface area contributed by atoms with Gasteiger partial charge in [-0.2, -0.15) is 0 Å². The molecule has 1 atom stereocenters. The number of benzene rings is 1. The molecule has 2 aromatic rings. The van der Waals surface area contributed by atoms with Gasteiger partial charge in [-0.05, 0) is 32.8 Å². The number of thiazole rings is 1. The van der Waals surface area contributed by atoms with Gasteiger partial charge in [-0.1, -0.05) is 29.8 Å². The van der Waals surface area contributed by atoms with Gasteiger partial charge in [0.05, 0.1) is 11.2 Å². The molecule has 0 radical (unpaired) electrons. The van der Waals surface area contributed by atoms with E-state index in [1.807, 2.05) is 5.51 Å². The van der Waals surface area contributed by atoms with Crippen LogP contribution in [0.2, 0.25) is 0 Å². The highest BCUT2D eigenvalue weighted by Crippen LogP contribution is 2.15. The number of nitrogens with zero attached hydrogens (tertiary/aromatic N) is 1. The molecule has 0 amide bonds. The molecule has 3 heteroatoms. The number of aromatic nitrogens is 1. The third kappa shape index (κ3) is 3.40. The zero-order valence-electron chi connectivity index (χ0n) is 11.2. The summed E-state index contributed by atoms with van der Waals surface area (Å²) in [6.07, 6.45) is 1.06. The molecular weight excluding hydrogens is 240 g/mol. The minimum atomic E-state index is 0.401. The molecule has 18 heavy (non-hydrogen) atoms. The molecule has 0 fully saturated rings. The number of hydrogen-bond acceptors (Lipinski definition) is 3. The Balaban J connectivity index is 1.85. The van der Waals surface area contributed by atoms with Crippen molar-refractivity contribution in [1.29, 1.82) is 0 Å². The molecule has 0 aliphatic rings. The normalized spacial score (nSPS) is 12.6. The predicted octanol–water partition coefficient (Wildman–Crippen LogP) is 3.65. The SMILES string of the molecule is Cc1cccc([C@@H](C)NCCc2scnc2C)c1. The first-order valence-electron chi connectivity index (χ1n) is 6.35. The van der Waals surface area contributed by atoms with Crippen molar-refractivity contribution in [3.8, 4) is 0 Å². The lowest BCUT2D eigenvalue weighted by atomic mass is 10.1. The van der Waals surface area contributed by atoms with E-state index in [1.54, 1.807) is 11.3 Å². The summed E-state index contributed by atoms with van der Waals surface area (Å²) in [5.74, 6) is 0. The summed E-state index contributed by atoms with van der Waals surface area (Å²) in [6, 6.07) is 9.09. The second kappa shape index (κ2) is 6.12. The van der Waals surface area contributed by atoms with Crippen molar-refractivity contribution in [3.63, 3.8) is 0 Å². The van der Waals surface area contributed by atoms with Crippen molar-refractivity contribution in [2.75, 3.05) is 6.54 Å². The third-order valence-corrected chi connectivity index (χ3v) is 4.18. The summed E-state index contributed by atoms with van der Waals surface area (Å²) in [5.41, 5.74) is 5.77. The van der Waals surface area contributed by atoms with Crippen molar-refractivity contribution in [2.24, 2.45) is 0 Å². The topological polar surface area (TPSA) is 24.9 Å². The van der Waals surface area contributed by atoms with E-state index in [-0.39, 0.29) is 0 Å². The molecule has 0 unspecified atom stereocenters. The summed E-state index contributed by atoms with van der Waals surface area (Å²) in [7, 11) is 0. The van der Waals surface area contributed by atoms with Crippen LogP contribution in [0, 0.1) is 13.8 Å². The Hall–Kier alpha value is -1.19. The average Bonchev–Trinajstić information content (AvgIpc) is 2.75. The van der Waals surface area contributed by atoms with E-state index in [4.69, 9.17) is 0 Å². The highest BCUT2D eigenvalue weighted by atomic mass is 32.1. The Bertz CT molecular complexity index is 505. The van der Waals surface area contributed by atoms with Gasteiger partial charge in [0.15, 0.2) is 0 Å². The zero-order valence-corrected chi connectivity index (χ0v) is 12.1. The smallest absolute Gasteiger partial charge is 0.0797 e. The van der Waals surface area contributed by atoms with Crippen molar-refractivity contribution in [2.45, 2.75) is 33.2 Å². The molecule has 0 bridgehead atoms. The largest absolute Gasteiger partial charge is 0.310 e. The first-order valence-corrected chi connectivity index (χ1v) is 7.23. The monoisotopic (exact) mass is 260 g/mol. The molecule has 0 spiro atoms. The van der Waals surface area contributed by atoms with Gasteiger partial charge in [0.25, 0.3) is 0 Å². The average molecular weight is 260 g/mol. The van der Waals surface area contributed by atoms with Gasteiger partial charge >= 0.3 is 0 Å². The van der Waals surface area contributed by atoms with Crippen LogP contribution < -0.4 is 5.32 Å². The predicted molar refractivity (Wildman–Crippen MR) is 78.2 cm³/mol. The standard InChI is InChI=1S/C15H20N2S/c1-11-5-4-6-14(9-11)12(2)16-8-7-15-13(3)17-10-18-15/h4-6,9-10,12,16H,7-8H2,1-3H3/t12-/m1/s1. The van der Waals surface area contributed by atoms with Gasteiger partial charge in [0.1, 0.15) is 0 Å². The maximum absolute atomic E-state index is 4.27. The molecule has 0 saturated heterocycles. The summed E-state index contributed by atoms with van der Waals surface area (Å²) in [4.78, 5) is 5.66. The van der Waals surface area contributed by atoms with Crippen LogP contribution in [0.25, 0.3) is 0 Å². The van der Waals surface area contributed by atoms with Gasteiger partial charge in [-0.3, -0.25) is 0 Å². The van der Waals surface area contributed by atoms with Crippen molar-refractivity contribution in [3.05, 3.63) is 51.5 Å². The second-order valence-corrected chi connectivity index (χ2v) is 5.64. The fourth-order valence-corrected chi connectivity index (χ4v) is 2.81. The Labute approximate surface area is 113 Å². The number of rotatable bonds is 5. The lowest BCUT2D eigenvalue weighted by Crippen LogP contribution is -2.21. The van der Waals surface area contributed by atoms with Crippen LogP contribution in [0.5, 0.6) is 0 Å². The van der Waals surface area contributed by atoms with E-state index in [2.05, 4.69) is 55.3 Å². The highest BCUT2D eigenvalue weighted by molar-refractivity contribution is 7.09. The van der Waals surface area contributed by atoms with Gasteiger partial charge in [0.2, 0.25) is 0 Å². The van der Waals surface area contributed by atoms with E-state index < -0.39 is 0 Å². The Kier molecular flexibility index (Phi) is 4.50. The molecule has 1 N–H and O–H groups in total. The van der Waals surface area contributed by atoms with Crippen LogP contribution >= 0.6 is 11.3 Å². The number of hydrogen-bond donors (Lipinski definition) is 1. The van der Waals surface area contributed by atoms with Crippen LogP contribution in [-0.2, 0) is 6.42 Å². The molecule has 0 aliphatic carbocycles. The molecule has 2 nitrogen and oxygen atoms in total. The zero-order chi connectivity index (χ0) is 13.0. The quantitative estimate of drug-likeness (QED) is 0.887. The fraction of sp³-hybridized carbons (Fsp3) is 0.400. The van der Waals surface area contributed by atoms with E-state index in [0.29, 0.717) is 6.04 Å². The molecule has 1 heterocycles. The molecule has 0 aliphatic heterocycles. The first-order chi connectivity index (χ1) is 8.66. The Morgan fingerprint density at radius 1 is 1.33 bits per heavy atom. The summed E-state index contributed by atoms with van der Waals surface area (Å²) in [5, 5.41) is 3.57. The maximum Gasteiger partial charge on any atom is 0.0797 e. The van der Waals surface area contributed by atoms with Crippen LogP contribution in [0.1, 0.15) is 34.7 Å². The lowest BCUT2D eigenvalue weighted by molar-refractivity contribution is 0.577. The van der Waals surface area contributed by atoms with Crippen LogP contribution in [0.3, 0.4) is 0 Å². The molecular formula is C15H20N2S. The Morgan fingerprint density at radius 3 is 2.83 bits per heavy atom.